The second-order valence-electron chi connectivity index (χ2n) is 6.55. The Bertz CT molecular complexity index is 662. The first kappa shape index (κ1) is 18.0. The van der Waals surface area contributed by atoms with Gasteiger partial charge in [-0.2, -0.15) is 13.2 Å². The lowest BCUT2D eigenvalue weighted by Crippen LogP contribution is -2.46. The summed E-state index contributed by atoms with van der Waals surface area (Å²) in [5.74, 6) is 0. The average molecular weight is 348 g/mol. The van der Waals surface area contributed by atoms with E-state index in [9.17, 15) is 13.2 Å². The molecule has 1 aliphatic heterocycles. The lowest BCUT2D eigenvalue weighted by Gasteiger charge is -2.34. The zero-order valence-corrected chi connectivity index (χ0v) is 14.2. The third-order valence-electron chi connectivity index (χ3n) is 4.68. The van der Waals surface area contributed by atoms with Crippen molar-refractivity contribution in [2.75, 3.05) is 32.7 Å². The molecule has 0 bridgehead atoms. The highest BCUT2D eigenvalue weighted by Gasteiger charge is 2.30. The van der Waals surface area contributed by atoms with E-state index in [4.69, 9.17) is 0 Å². The quantitative estimate of drug-likeness (QED) is 0.804. The first-order valence-corrected chi connectivity index (χ1v) is 8.65. The van der Waals surface area contributed by atoms with Crippen molar-refractivity contribution in [3.63, 3.8) is 0 Å². The first-order chi connectivity index (χ1) is 12.0. The standard InChI is InChI=1S/C20H23F3N2/c21-20(22,23)19-8-4-7-18(15-19)16-25-13-11-24(12-14-25)10-9-17-5-2-1-3-6-17/h1-8,15H,9-14,16H2. The summed E-state index contributed by atoms with van der Waals surface area (Å²) >= 11 is 0. The molecule has 5 heteroatoms. The van der Waals surface area contributed by atoms with E-state index in [1.807, 2.05) is 6.07 Å². The Balaban J connectivity index is 1.46. The normalized spacial score (nSPS) is 16.9. The molecule has 0 N–H and O–H groups in total. The van der Waals surface area contributed by atoms with Crippen LogP contribution in [0.5, 0.6) is 0 Å². The highest BCUT2D eigenvalue weighted by molar-refractivity contribution is 5.25. The van der Waals surface area contributed by atoms with Crippen LogP contribution in [0.4, 0.5) is 13.2 Å². The molecule has 0 aliphatic carbocycles. The Kier molecular flexibility index (Phi) is 5.76. The zero-order valence-electron chi connectivity index (χ0n) is 14.2. The van der Waals surface area contributed by atoms with Crippen LogP contribution in [0.2, 0.25) is 0 Å². The SMILES string of the molecule is FC(F)(F)c1cccc(CN2CCN(CCc3ccccc3)CC2)c1. The average Bonchev–Trinajstić information content (AvgIpc) is 2.62. The van der Waals surface area contributed by atoms with Crippen molar-refractivity contribution in [3.8, 4) is 0 Å². The molecule has 2 aromatic carbocycles. The van der Waals surface area contributed by atoms with Crippen LogP contribution in [0, 0.1) is 0 Å². The molecule has 1 heterocycles. The van der Waals surface area contributed by atoms with E-state index < -0.39 is 11.7 Å². The van der Waals surface area contributed by atoms with Crippen LogP contribution >= 0.6 is 0 Å². The van der Waals surface area contributed by atoms with Crippen LogP contribution < -0.4 is 0 Å². The van der Waals surface area contributed by atoms with Gasteiger partial charge in [0, 0.05) is 39.3 Å². The van der Waals surface area contributed by atoms with E-state index in [0.717, 1.165) is 50.8 Å². The van der Waals surface area contributed by atoms with Gasteiger partial charge >= 0.3 is 6.18 Å². The molecule has 0 saturated carbocycles. The highest BCUT2D eigenvalue weighted by atomic mass is 19.4. The van der Waals surface area contributed by atoms with Crippen LogP contribution in [0.3, 0.4) is 0 Å². The number of benzene rings is 2. The van der Waals surface area contributed by atoms with E-state index in [2.05, 4.69) is 34.1 Å². The summed E-state index contributed by atoms with van der Waals surface area (Å²) in [7, 11) is 0. The molecular weight excluding hydrogens is 325 g/mol. The number of piperazine rings is 1. The number of halogens is 3. The Morgan fingerprint density at radius 2 is 1.40 bits per heavy atom. The molecule has 3 rings (SSSR count). The molecule has 2 nitrogen and oxygen atoms in total. The summed E-state index contributed by atoms with van der Waals surface area (Å²) in [6, 6.07) is 16.1. The smallest absolute Gasteiger partial charge is 0.300 e. The Labute approximate surface area is 146 Å². The third-order valence-corrected chi connectivity index (χ3v) is 4.68. The maximum atomic E-state index is 12.8. The van der Waals surface area contributed by atoms with Crippen LogP contribution in [0.1, 0.15) is 16.7 Å². The van der Waals surface area contributed by atoms with Crippen LogP contribution in [0.25, 0.3) is 0 Å². The summed E-state index contributed by atoms with van der Waals surface area (Å²) in [6.07, 6.45) is -3.24. The highest BCUT2D eigenvalue weighted by Crippen LogP contribution is 2.29. The van der Waals surface area contributed by atoms with Gasteiger partial charge in [0.25, 0.3) is 0 Å². The molecule has 2 aromatic rings. The molecule has 1 fully saturated rings. The van der Waals surface area contributed by atoms with Gasteiger partial charge < -0.3 is 4.90 Å². The van der Waals surface area contributed by atoms with Crippen molar-refractivity contribution in [2.24, 2.45) is 0 Å². The van der Waals surface area contributed by atoms with Gasteiger partial charge in [0.05, 0.1) is 5.56 Å². The minimum Gasteiger partial charge on any atom is -0.300 e. The molecule has 0 spiro atoms. The maximum absolute atomic E-state index is 12.8. The minimum atomic E-state index is -4.27. The van der Waals surface area contributed by atoms with E-state index >= 15 is 0 Å². The van der Waals surface area contributed by atoms with Gasteiger partial charge in [-0.25, -0.2) is 0 Å². The van der Waals surface area contributed by atoms with Crippen molar-refractivity contribution in [3.05, 3.63) is 71.3 Å². The number of hydrogen-bond acceptors (Lipinski definition) is 2. The van der Waals surface area contributed by atoms with Crippen LogP contribution in [0.15, 0.2) is 54.6 Å². The lowest BCUT2D eigenvalue weighted by atomic mass is 10.1. The van der Waals surface area contributed by atoms with Crippen LogP contribution in [-0.4, -0.2) is 42.5 Å². The summed E-state index contributed by atoms with van der Waals surface area (Å²) in [6.45, 7) is 5.32. The summed E-state index contributed by atoms with van der Waals surface area (Å²) in [5.41, 5.74) is 1.51. The fraction of sp³-hybridized carbons (Fsp3) is 0.400. The monoisotopic (exact) mass is 348 g/mol. The summed E-state index contributed by atoms with van der Waals surface area (Å²) < 4.78 is 38.4. The Morgan fingerprint density at radius 1 is 0.760 bits per heavy atom. The summed E-state index contributed by atoms with van der Waals surface area (Å²) in [4.78, 5) is 4.66. The Hall–Kier alpha value is -1.85. The number of hydrogen-bond donors (Lipinski definition) is 0. The van der Waals surface area contributed by atoms with Gasteiger partial charge in [-0.3, -0.25) is 4.90 Å². The fourth-order valence-electron chi connectivity index (χ4n) is 3.21. The maximum Gasteiger partial charge on any atom is 0.416 e. The molecule has 0 amide bonds. The molecule has 0 radical (unpaired) electrons. The molecule has 1 saturated heterocycles. The van der Waals surface area contributed by atoms with Gasteiger partial charge in [-0.05, 0) is 23.6 Å². The predicted molar refractivity (Wildman–Crippen MR) is 93.3 cm³/mol. The van der Waals surface area contributed by atoms with Crippen molar-refractivity contribution >= 4 is 0 Å². The Morgan fingerprint density at radius 3 is 2.08 bits per heavy atom. The van der Waals surface area contributed by atoms with Crippen molar-refractivity contribution < 1.29 is 13.2 Å². The van der Waals surface area contributed by atoms with Gasteiger partial charge in [0.15, 0.2) is 0 Å². The van der Waals surface area contributed by atoms with Gasteiger partial charge in [0.1, 0.15) is 0 Å². The predicted octanol–water partition coefficient (Wildman–Crippen LogP) is 4.07. The van der Waals surface area contributed by atoms with Gasteiger partial charge in [0.2, 0.25) is 0 Å². The fourth-order valence-corrected chi connectivity index (χ4v) is 3.21. The van der Waals surface area contributed by atoms with Crippen molar-refractivity contribution in [1.82, 2.24) is 9.80 Å². The topological polar surface area (TPSA) is 6.48 Å². The number of nitrogens with zero attached hydrogens (tertiary/aromatic N) is 2. The largest absolute Gasteiger partial charge is 0.416 e. The van der Waals surface area contributed by atoms with E-state index in [-0.39, 0.29) is 0 Å². The molecule has 25 heavy (non-hydrogen) atoms. The molecule has 0 unspecified atom stereocenters. The minimum absolute atomic E-state index is 0.563. The molecule has 0 atom stereocenters. The van der Waals surface area contributed by atoms with E-state index in [1.165, 1.54) is 17.7 Å². The lowest BCUT2D eigenvalue weighted by molar-refractivity contribution is -0.137. The van der Waals surface area contributed by atoms with E-state index in [1.54, 1.807) is 6.07 Å². The van der Waals surface area contributed by atoms with Gasteiger partial charge in [-0.1, -0.05) is 48.5 Å². The molecule has 134 valence electrons. The molecular formula is C20H23F3N2. The van der Waals surface area contributed by atoms with Crippen molar-refractivity contribution in [2.45, 2.75) is 19.1 Å². The summed E-state index contributed by atoms with van der Waals surface area (Å²) in [5, 5.41) is 0. The zero-order chi connectivity index (χ0) is 17.7. The van der Waals surface area contributed by atoms with Gasteiger partial charge in [-0.15, -0.1) is 0 Å². The van der Waals surface area contributed by atoms with Crippen LogP contribution in [-0.2, 0) is 19.1 Å². The number of alkyl halides is 3. The van der Waals surface area contributed by atoms with Crippen molar-refractivity contribution in [1.29, 1.82) is 0 Å². The number of rotatable bonds is 5. The first-order valence-electron chi connectivity index (χ1n) is 8.65. The molecule has 1 aliphatic rings. The van der Waals surface area contributed by atoms with E-state index in [0.29, 0.717) is 6.54 Å². The second-order valence-corrected chi connectivity index (χ2v) is 6.55. The molecule has 0 aromatic heterocycles. The second kappa shape index (κ2) is 8.02. The third kappa shape index (κ3) is 5.31.